The molecule has 1 saturated heterocycles. The van der Waals surface area contributed by atoms with Crippen LogP contribution in [-0.4, -0.2) is 30.8 Å². The first kappa shape index (κ1) is 15.3. The Bertz CT molecular complexity index is 601. The van der Waals surface area contributed by atoms with Gasteiger partial charge in [-0.25, -0.2) is 0 Å². The second-order valence-electron chi connectivity index (χ2n) is 5.32. The lowest BCUT2D eigenvalue weighted by atomic mass is 10.1. The highest BCUT2D eigenvalue weighted by Crippen LogP contribution is 2.27. The van der Waals surface area contributed by atoms with Gasteiger partial charge >= 0.3 is 0 Å². The molecule has 0 spiro atoms. The fourth-order valence-electron chi connectivity index (χ4n) is 2.45. The maximum atomic E-state index is 6.32. The first-order valence-electron chi connectivity index (χ1n) is 7.44. The van der Waals surface area contributed by atoms with E-state index in [1.165, 1.54) is 0 Å². The summed E-state index contributed by atoms with van der Waals surface area (Å²) in [5.74, 6) is 0.692. The molecule has 2 aromatic rings. The third kappa shape index (κ3) is 4.19. The lowest BCUT2D eigenvalue weighted by molar-refractivity contribution is 0.0292. The minimum Gasteiger partial charge on any atom is -0.487 e. The van der Waals surface area contributed by atoms with Crippen molar-refractivity contribution >= 4 is 11.6 Å². The molecule has 22 heavy (non-hydrogen) atoms. The zero-order chi connectivity index (χ0) is 15.2. The van der Waals surface area contributed by atoms with E-state index in [0.29, 0.717) is 17.4 Å². The molecule has 116 valence electrons. The van der Waals surface area contributed by atoms with Crippen molar-refractivity contribution in [3.05, 3.63) is 58.9 Å². The molecule has 2 heterocycles. The van der Waals surface area contributed by atoms with E-state index < -0.39 is 0 Å². The Morgan fingerprint density at radius 3 is 3.00 bits per heavy atom. The third-order valence-electron chi connectivity index (χ3n) is 3.58. The molecule has 0 amide bonds. The zero-order valence-electron chi connectivity index (χ0n) is 12.3. The maximum Gasteiger partial charge on any atom is 0.138 e. The zero-order valence-corrected chi connectivity index (χ0v) is 13.1. The molecule has 0 bridgehead atoms. The van der Waals surface area contributed by atoms with Gasteiger partial charge in [0.25, 0.3) is 0 Å². The Labute approximate surface area is 135 Å². The summed E-state index contributed by atoms with van der Waals surface area (Å²) in [6.45, 7) is 3.04. The van der Waals surface area contributed by atoms with Gasteiger partial charge in [-0.2, -0.15) is 0 Å². The van der Waals surface area contributed by atoms with Gasteiger partial charge in [-0.15, -0.1) is 0 Å². The predicted molar refractivity (Wildman–Crippen MR) is 86.3 cm³/mol. The average molecular weight is 319 g/mol. The molecule has 3 rings (SSSR count). The average Bonchev–Trinajstić information content (AvgIpc) is 2.56. The van der Waals surface area contributed by atoms with Crippen LogP contribution in [0, 0.1) is 0 Å². The molecule has 4 nitrogen and oxygen atoms in total. The van der Waals surface area contributed by atoms with Crippen LogP contribution in [0.3, 0.4) is 0 Å². The molecule has 1 fully saturated rings. The Morgan fingerprint density at radius 1 is 1.32 bits per heavy atom. The molecule has 5 heteroatoms. The van der Waals surface area contributed by atoms with Crippen molar-refractivity contribution < 1.29 is 9.47 Å². The first-order valence-corrected chi connectivity index (χ1v) is 7.81. The summed E-state index contributed by atoms with van der Waals surface area (Å²) < 4.78 is 11.5. The predicted octanol–water partition coefficient (Wildman–Crippen LogP) is 2.84. The van der Waals surface area contributed by atoms with Gasteiger partial charge < -0.3 is 14.8 Å². The van der Waals surface area contributed by atoms with E-state index in [2.05, 4.69) is 10.3 Å². The molecule has 0 aliphatic carbocycles. The minimum absolute atomic E-state index is 0.215. The second-order valence-corrected chi connectivity index (χ2v) is 5.72. The molecule has 1 unspecified atom stereocenters. The van der Waals surface area contributed by atoms with E-state index >= 15 is 0 Å². The number of nitrogens with one attached hydrogen (secondary N) is 1. The molecule has 1 aliphatic rings. The topological polar surface area (TPSA) is 43.4 Å². The Morgan fingerprint density at radius 2 is 2.27 bits per heavy atom. The molecule has 1 aliphatic heterocycles. The molecular formula is C17H19ClN2O2. The molecular weight excluding hydrogens is 300 g/mol. The van der Waals surface area contributed by atoms with E-state index in [0.717, 1.165) is 37.2 Å². The Balaban J connectivity index is 1.59. The minimum atomic E-state index is 0.215. The summed E-state index contributed by atoms with van der Waals surface area (Å²) in [7, 11) is 0. The summed E-state index contributed by atoms with van der Waals surface area (Å²) in [5.41, 5.74) is 2.18. The number of nitrogens with zero attached hydrogens (tertiary/aromatic N) is 1. The van der Waals surface area contributed by atoms with Crippen molar-refractivity contribution in [1.82, 2.24) is 10.3 Å². The van der Waals surface area contributed by atoms with Crippen molar-refractivity contribution in [2.45, 2.75) is 19.1 Å². The smallest absolute Gasteiger partial charge is 0.138 e. The van der Waals surface area contributed by atoms with Crippen LogP contribution in [0.15, 0.2) is 42.7 Å². The second kappa shape index (κ2) is 7.58. The highest BCUT2D eigenvalue weighted by atomic mass is 35.5. The van der Waals surface area contributed by atoms with Gasteiger partial charge in [0.15, 0.2) is 0 Å². The van der Waals surface area contributed by atoms with Gasteiger partial charge in [0, 0.05) is 31.0 Å². The quantitative estimate of drug-likeness (QED) is 0.920. The number of halogens is 1. The lowest BCUT2D eigenvalue weighted by Crippen LogP contribution is -2.39. The fourth-order valence-corrected chi connectivity index (χ4v) is 2.70. The van der Waals surface area contributed by atoms with Crippen molar-refractivity contribution in [3.63, 3.8) is 0 Å². The number of ether oxygens (including phenoxy) is 2. The fraction of sp³-hybridized carbons (Fsp3) is 0.353. The van der Waals surface area contributed by atoms with Crippen LogP contribution in [-0.2, 0) is 17.8 Å². The summed E-state index contributed by atoms with van der Waals surface area (Å²) in [4.78, 5) is 4.07. The largest absolute Gasteiger partial charge is 0.487 e. The number of rotatable bonds is 5. The number of benzene rings is 1. The monoisotopic (exact) mass is 318 g/mol. The van der Waals surface area contributed by atoms with Gasteiger partial charge in [0.05, 0.1) is 17.7 Å². The Kier molecular flexibility index (Phi) is 5.27. The normalized spacial score (nSPS) is 18.1. The summed E-state index contributed by atoms with van der Waals surface area (Å²) in [6, 6.07) is 9.79. The lowest BCUT2D eigenvalue weighted by Gasteiger charge is -2.23. The van der Waals surface area contributed by atoms with Gasteiger partial charge in [0.1, 0.15) is 12.4 Å². The highest BCUT2D eigenvalue weighted by molar-refractivity contribution is 6.32. The van der Waals surface area contributed by atoms with Crippen molar-refractivity contribution in [1.29, 1.82) is 0 Å². The van der Waals surface area contributed by atoms with Crippen LogP contribution in [0.2, 0.25) is 5.02 Å². The van der Waals surface area contributed by atoms with Gasteiger partial charge in [0.2, 0.25) is 0 Å². The van der Waals surface area contributed by atoms with E-state index in [9.17, 15) is 0 Å². The number of morpholine rings is 1. The third-order valence-corrected chi connectivity index (χ3v) is 3.88. The van der Waals surface area contributed by atoms with Gasteiger partial charge in [-0.1, -0.05) is 23.7 Å². The van der Waals surface area contributed by atoms with Crippen LogP contribution in [0.25, 0.3) is 0 Å². The Hall–Kier alpha value is -1.62. The van der Waals surface area contributed by atoms with Crippen LogP contribution < -0.4 is 10.1 Å². The molecule has 1 aromatic carbocycles. The molecule has 0 radical (unpaired) electrons. The van der Waals surface area contributed by atoms with Gasteiger partial charge in [-0.05, 0) is 30.2 Å². The molecule has 1 atom stereocenters. The number of aromatic nitrogens is 1. The van der Waals surface area contributed by atoms with Crippen LogP contribution in [0.5, 0.6) is 5.75 Å². The van der Waals surface area contributed by atoms with Crippen LogP contribution >= 0.6 is 11.6 Å². The SMILES string of the molecule is Clc1cc(CC2CNCCO2)ccc1OCc1cccnc1. The number of hydrogen-bond donors (Lipinski definition) is 1. The van der Waals surface area contributed by atoms with Crippen LogP contribution in [0.4, 0.5) is 0 Å². The molecule has 1 aromatic heterocycles. The standard InChI is InChI=1S/C17H19ClN2O2/c18-16-9-13(8-15-11-20-6-7-21-15)3-4-17(16)22-12-14-2-1-5-19-10-14/h1-5,9-10,15,20H,6-8,11-12H2. The van der Waals surface area contributed by atoms with E-state index in [4.69, 9.17) is 21.1 Å². The van der Waals surface area contributed by atoms with Crippen molar-refractivity contribution in [2.24, 2.45) is 0 Å². The van der Waals surface area contributed by atoms with E-state index in [-0.39, 0.29) is 6.10 Å². The molecule has 1 N–H and O–H groups in total. The summed E-state index contributed by atoms with van der Waals surface area (Å²) in [6.07, 6.45) is 4.60. The summed E-state index contributed by atoms with van der Waals surface area (Å²) in [5, 5.41) is 3.96. The molecule has 0 saturated carbocycles. The number of pyridine rings is 1. The van der Waals surface area contributed by atoms with E-state index in [1.54, 1.807) is 12.4 Å². The van der Waals surface area contributed by atoms with E-state index in [1.807, 2.05) is 30.3 Å². The highest BCUT2D eigenvalue weighted by Gasteiger charge is 2.14. The van der Waals surface area contributed by atoms with Crippen LogP contribution in [0.1, 0.15) is 11.1 Å². The van der Waals surface area contributed by atoms with Gasteiger partial charge in [-0.3, -0.25) is 4.98 Å². The first-order chi connectivity index (χ1) is 10.8. The van der Waals surface area contributed by atoms with Crippen molar-refractivity contribution in [2.75, 3.05) is 19.7 Å². The number of hydrogen-bond acceptors (Lipinski definition) is 4. The summed E-state index contributed by atoms with van der Waals surface area (Å²) >= 11 is 6.32. The maximum absolute atomic E-state index is 6.32. The van der Waals surface area contributed by atoms with Crippen molar-refractivity contribution in [3.8, 4) is 5.75 Å².